The first-order valence-electron chi connectivity index (χ1n) is 8.44. The molecule has 0 atom stereocenters. The van der Waals surface area contributed by atoms with Crippen LogP contribution in [0.4, 0.5) is 0 Å². The van der Waals surface area contributed by atoms with Crippen LogP contribution in [0.25, 0.3) is 0 Å². The summed E-state index contributed by atoms with van der Waals surface area (Å²) in [5, 5.41) is 6.63. The van der Waals surface area contributed by atoms with Crippen LogP contribution in [-0.2, 0) is 4.79 Å². The van der Waals surface area contributed by atoms with E-state index in [-0.39, 0.29) is 0 Å². The van der Waals surface area contributed by atoms with E-state index < -0.39 is 0 Å². The summed E-state index contributed by atoms with van der Waals surface area (Å²) >= 11 is 0. The molecule has 0 aliphatic carbocycles. The molecule has 2 heterocycles. The average molecular weight is 300 g/mol. The molecule has 21 heavy (non-hydrogen) atoms. The van der Waals surface area contributed by atoms with E-state index in [1.54, 1.807) is 0 Å². The standard InChI is InChI=1S/C8H18N2.C6H14N2.C2H4O/c1-3-10-6-4-8(9-2)5-7-10;1-2-8-5-3-7-4-6-8;1-2-3/h8-9H,3-7H2,1-2H3;7H,2-6H2,1H3;2H,1H3. The lowest BCUT2D eigenvalue weighted by Gasteiger charge is -2.30. The Morgan fingerprint density at radius 3 is 1.81 bits per heavy atom. The van der Waals surface area contributed by atoms with E-state index in [0.29, 0.717) is 0 Å². The van der Waals surface area contributed by atoms with Gasteiger partial charge in [0.15, 0.2) is 0 Å². The van der Waals surface area contributed by atoms with Crippen molar-refractivity contribution in [3.63, 3.8) is 0 Å². The van der Waals surface area contributed by atoms with E-state index in [4.69, 9.17) is 4.79 Å². The number of rotatable bonds is 3. The van der Waals surface area contributed by atoms with Crippen molar-refractivity contribution in [1.29, 1.82) is 0 Å². The van der Waals surface area contributed by atoms with Gasteiger partial charge < -0.3 is 25.2 Å². The number of hydrogen-bond donors (Lipinski definition) is 2. The maximum Gasteiger partial charge on any atom is 0.116 e. The fourth-order valence-corrected chi connectivity index (χ4v) is 2.57. The van der Waals surface area contributed by atoms with Gasteiger partial charge in [-0.3, -0.25) is 0 Å². The summed E-state index contributed by atoms with van der Waals surface area (Å²) in [6.45, 7) is 15.7. The molecule has 0 spiro atoms. The zero-order valence-electron chi connectivity index (χ0n) is 14.5. The molecule has 0 amide bonds. The third kappa shape index (κ3) is 10.8. The van der Waals surface area contributed by atoms with Crippen LogP contribution in [0.5, 0.6) is 0 Å². The summed E-state index contributed by atoms with van der Waals surface area (Å²) < 4.78 is 0. The third-order valence-electron chi connectivity index (χ3n) is 4.10. The van der Waals surface area contributed by atoms with Gasteiger partial charge >= 0.3 is 0 Å². The molecule has 0 aromatic rings. The second-order valence-electron chi connectivity index (χ2n) is 5.42. The molecule has 0 aromatic carbocycles. The van der Waals surface area contributed by atoms with Crippen molar-refractivity contribution in [3.8, 4) is 0 Å². The Labute approximate surface area is 131 Å². The van der Waals surface area contributed by atoms with Crippen LogP contribution < -0.4 is 10.6 Å². The SMILES string of the molecule is CC=O.CCN1CCC(NC)CC1.CCN1CCNCC1. The highest BCUT2D eigenvalue weighted by Gasteiger charge is 2.15. The molecule has 2 aliphatic rings. The lowest BCUT2D eigenvalue weighted by atomic mass is 10.1. The number of carbonyl (C=O) groups is 1. The number of nitrogens with one attached hydrogen (secondary N) is 2. The van der Waals surface area contributed by atoms with Gasteiger partial charge in [-0.1, -0.05) is 13.8 Å². The zero-order valence-corrected chi connectivity index (χ0v) is 14.5. The smallest absolute Gasteiger partial charge is 0.116 e. The lowest BCUT2D eigenvalue weighted by Crippen LogP contribution is -2.43. The summed E-state index contributed by atoms with van der Waals surface area (Å²) in [4.78, 5) is 13.8. The Morgan fingerprint density at radius 1 is 1.05 bits per heavy atom. The normalized spacial score (nSPS) is 20.8. The second kappa shape index (κ2) is 14.4. The van der Waals surface area contributed by atoms with Gasteiger partial charge in [0.2, 0.25) is 0 Å². The summed E-state index contributed by atoms with van der Waals surface area (Å²) in [6.07, 6.45) is 3.40. The van der Waals surface area contributed by atoms with Crippen LogP contribution in [0.1, 0.15) is 33.6 Å². The molecule has 0 bridgehead atoms. The highest BCUT2D eigenvalue weighted by molar-refractivity contribution is 5.44. The molecule has 126 valence electrons. The van der Waals surface area contributed by atoms with Gasteiger partial charge in [-0.15, -0.1) is 0 Å². The number of carbonyl (C=O) groups excluding carboxylic acids is 1. The Balaban J connectivity index is 0.000000327. The van der Waals surface area contributed by atoms with Crippen LogP contribution in [-0.4, -0.2) is 81.5 Å². The lowest BCUT2D eigenvalue weighted by molar-refractivity contribution is -0.106. The summed E-state index contributed by atoms with van der Waals surface area (Å²) in [6, 6.07) is 0.780. The van der Waals surface area contributed by atoms with Crippen molar-refractivity contribution < 1.29 is 4.79 Å². The fourth-order valence-electron chi connectivity index (χ4n) is 2.57. The van der Waals surface area contributed by atoms with Gasteiger partial charge in [0, 0.05) is 32.2 Å². The minimum atomic E-state index is 0.750. The van der Waals surface area contributed by atoms with E-state index in [1.807, 2.05) is 0 Å². The van der Waals surface area contributed by atoms with Gasteiger partial charge in [-0.05, 0) is 53.0 Å². The summed E-state index contributed by atoms with van der Waals surface area (Å²) in [5.41, 5.74) is 0. The number of hydrogen-bond acceptors (Lipinski definition) is 5. The molecular formula is C16H36N4O. The van der Waals surface area contributed by atoms with Crippen LogP contribution in [0.15, 0.2) is 0 Å². The molecule has 0 aromatic heterocycles. The monoisotopic (exact) mass is 300 g/mol. The molecule has 0 saturated carbocycles. The topological polar surface area (TPSA) is 47.6 Å². The summed E-state index contributed by atoms with van der Waals surface area (Å²) in [5.74, 6) is 0. The Hall–Kier alpha value is -0.490. The second-order valence-corrected chi connectivity index (χ2v) is 5.42. The fraction of sp³-hybridized carbons (Fsp3) is 0.938. The Kier molecular flexibility index (Phi) is 14.1. The van der Waals surface area contributed by atoms with Crippen LogP contribution in [0.3, 0.4) is 0 Å². The number of piperidine rings is 1. The number of likely N-dealkylation sites (tertiary alicyclic amines) is 1. The molecule has 5 nitrogen and oxygen atoms in total. The quantitative estimate of drug-likeness (QED) is 0.755. The highest BCUT2D eigenvalue weighted by Crippen LogP contribution is 2.08. The van der Waals surface area contributed by atoms with Crippen molar-refractivity contribution >= 4 is 6.29 Å². The predicted molar refractivity (Wildman–Crippen MR) is 90.9 cm³/mol. The van der Waals surface area contributed by atoms with E-state index in [2.05, 4.69) is 41.3 Å². The third-order valence-corrected chi connectivity index (χ3v) is 4.10. The molecule has 0 unspecified atom stereocenters. The highest BCUT2D eigenvalue weighted by atomic mass is 16.1. The molecular weight excluding hydrogens is 264 g/mol. The van der Waals surface area contributed by atoms with E-state index in [1.165, 1.54) is 72.1 Å². The number of likely N-dealkylation sites (N-methyl/N-ethyl adjacent to an activating group) is 1. The van der Waals surface area contributed by atoms with Crippen LogP contribution >= 0.6 is 0 Å². The Morgan fingerprint density at radius 2 is 1.48 bits per heavy atom. The first-order chi connectivity index (χ1) is 10.2. The van der Waals surface area contributed by atoms with Gasteiger partial charge in [0.05, 0.1) is 0 Å². The zero-order chi connectivity index (χ0) is 15.9. The minimum Gasteiger partial charge on any atom is -0.317 e. The first kappa shape index (κ1) is 20.5. The van der Waals surface area contributed by atoms with Gasteiger partial charge in [-0.2, -0.15) is 0 Å². The van der Waals surface area contributed by atoms with E-state index >= 15 is 0 Å². The van der Waals surface area contributed by atoms with Crippen LogP contribution in [0.2, 0.25) is 0 Å². The molecule has 2 fully saturated rings. The number of nitrogens with zero attached hydrogens (tertiary/aromatic N) is 2. The van der Waals surface area contributed by atoms with Crippen molar-refractivity contribution in [3.05, 3.63) is 0 Å². The van der Waals surface area contributed by atoms with Gasteiger partial charge in [-0.25, -0.2) is 0 Å². The summed E-state index contributed by atoms with van der Waals surface area (Å²) in [7, 11) is 2.06. The van der Waals surface area contributed by atoms with Crippen molar-refractivity contribution in [2.45, 2.75) is 39.7 Å². The predicted octanol–water partition coefficient (Wildman–Crippen LogP) is 0.807. The van der Waals surface area contributed by atoms with Gasteiger partial charge in [0.1, 0.15) is 6.29 Å². The number of piperazine rings is 1. The minimum absolute atomic E-state index is 0.750. The molecule has 5 heteroatoms. The number of aldehydes is 1. The van der Waals surface area contributed by atoms with Crippen molar-refractivity contribution in [2.24, 2.45) is 0 Å². The molecule has 2 aliphatic heterocycles. The van der Waals surface area contributed by atoms with E-state index in [9.17, 15) is 0 Å². The average Bonchev–Trinajstić information content (AvgIpc) is 2.57. The maximum atomic E-state index is 8.81. The largest absolute Gasteiger partial charge is 0.317 e. The van der Waals surface area contributed by atoms with E-state index in [0.717, 1.165) is 12.3 Å². The molecule has 2 saturated heterocycles. The molecule has 2 rings (SSSR count). The molecule has 0 radical (unpaired) electrons. The Bertz CT molecular complexity index is 212. The first-order valence-corrected chi connectivity index (χ1v) is 8.44. The maximum absolute atomic E-state index is 8.81. The van der Waals surface area contributed by atoms with Gasteiger partial charge in [0.25, 0.3) is 0 Å². The van der Waals surface area contributed by atoms with Crippen molar-refractivity contribution in [2.75, 3.05) is 59.4 Å². The molecule has 2 N–H and O–H groups in total. The van der Waals surface area contributed by atoms with Crippen molar-refractivity contribution in [1.82, 2.24) is 20.4 Å². The van der Waals surface area contributed by atoms with Crippen LogP contribution in [0, 0.1) is 0 Å².